The van der Waals surface area contributed by atoms with E-state index in [0.717, 1.165) is 51.5 Å². The van der Waals surface area contributed by atoms with Crippen molar-refractivity contribution in [3.05, 3.63) is 72.2 Å². The van der Waals surface area contributed by atoms with E-state index in [-0.39, 0.29) is 5.43 Å². The average Bonchev–Trinajstić information content (AvgIpc) is 2.86. The summed E-state index contributed by atoms with van der Waals surface area (Å²) in [5, 5.41) is 3.66. The first kappa shape index (κ1) is 14.9. The van der Waals surface area contributed by atoms with Crippen molar-refractivity contribution in [3.8, 4) is 0 Å². The Morgan fingerprint density at radius 2 is 1.17 bits per heavy atom. The fourth-order valence-corrected chi connectivity index (χ4v) is 4.72. The summed E-state index contributed by atoms with van der Waals surface area (Å²) in [6, 6.07) is 16.1. The van der Waals surface area contributed by atoms with Crippen molar-refractivity contribution < 1.29 is 0 Å². The molecule has 0 aliphatic heterocycles. The Kier molecular flexibility index (Phi) is 3.12. The molecule has 24 heavy (non-hydrogen) atoms. The van der Waals surface area contributed by atoms with Crippen molar-refractivity contribution in [1.29, 1.82) is 0 Å². The molecule has 0 aliphatic carbocycles. The number of hydrogen-bond donors (Lipinski definition) is 0. The molecule has 5 aromatic rings. The van der Waals surface area contributed by atoms with Crippen LogP contribution in [0, 0.1) is 0 Å². The molecular formula is C19H8Br3NO. The van der Waals surface area contributed by atoms with Crippen LogP contribution in [-0.4, -0.2) is 4.40 Å². The van der Waals surface area contributed by atoms with Gasteiger partial charge in [-0.25, -0.2) is 0 Å². The summed E-state index contributed by atoms with van der Waals surface area (Å²) in [5.74, 6) is 0. The zero-order valence-electron chi connectivity index (χ0n) is 12.1. The maximum atomic E-state index is 13.1. The number of benzene rings is 3. The average molecular weight is 506 g/mol. The maximum absolute atomic E-state index is 13.1. The standard InChI is InChI=1S/C19H8Br3NO/c20-9-1-3-16-12(5-9)13-7-11(22)8-15-18(13)23(16)17-4-2-10(21)6-14(17)19(15)24/h1-8H. The van der Waals surface area contributed by atoms with E-state index >= 15 is 0 Å². The van der Waals surface area contributed by atoms with Gasteiger partial charge in [0.15, 0.2) is 5.43 Å². The van der Waals surface area contributed by atoms with Crippen LogP contribution >= 0.6 is 47.8 Å². The van der Waals surface area contributed by atoms with Gasteiger partial charge in [0.05, 0.1) is 16.6 Å². The van der Waals surface area contributed by atoms with E-state index in [1.54, 1.807) is 0 Å². The molecule has 0 aliphatic rings. The van der Waals surface area contributed by atoms with Crippen LogP contribution < -0.4 is 5.43 Å². The van der Waals surface area contributed by atoms with Gasteiger partial charge in [0, 0.05) is 35.0 Å². The molecule has 5 rings (SSSR count). The molecule has 3 aromatic carbocycles. The highest BCUT2D eigenvalue weighted by molar-refractivity contribution is 9.11. The van der Waals surface area contributed by atoms with E-state index < -0.39 is 0 Å². The van der Waals surface area contributed by atoms with E-state index in [0.29, 0.717) is 0 Å². The van der Waals surface area contributed by atoms with Gasteiger partial charge in [0.1, 0.15) is 0 Å². The van der Waals surface area contributed by atoms with Crippen LogP contribution in [0.15, 0.2) is 66.7 Å². The molecule has 2 nitrogen and oxygen atoms in total. The predicted octanol–water partition coefficient (Wildman–Crippen LogP) is 6.48. The van der Waals surface area contributed by atoms with Crippen LogP contribution in [0.4, 0.5) is 0 Å². The Morgan fingerprint density at radius 1 is 0.625 bits per heavy atom. The predicted molar refractivity (Wildman–Crippen MR) is 110 cm³/mol. The highest BCUT2D eigenvalue weighted by Gasteiger charge is 2.18. The second-order valence-corrected chi connectivity index (χ2v) is 8.58. The summed E-state index contributed by atoms with van der Waals surface area (Å²) < 4.78 is 5.04. The minimum Gasteiger partial charge on any atom is -0.308 e. The van der Waals surface area contributed by atoms with Gasteiger partial charge in [-0.3, -0.25) is 4.79 Å². The summed E-state index contributed by atoms with van der Waals surface area (Å²) >= 11 is 10.6. The first-order valence-corrected chi connectivity index (χ1v) is 9.70. The van der Waals surface area contributed by atoms with E-state index in [2.05, 4.69) is 70.4 Å². The second-order valence-electron chi connectivity index (χ2n) is 5.84. The highest BCUT2D eigenvalue weighted by Crippen LogP contribution is 2.37. The third kappa shape index (κ3) is 1.89. The van der Waals surface area contributed by atoms with E-state index in [9.17, 15) is 4.79 Å². The van der Waals surface area contributed by atoms with Gasteiger partial charge in [-0.1, -0.05) is 47.8 Å². The van der Waals surface area contributed by atoms with Gasteiger partial charge >= 0.3 is 0 Å². The minimum absolute atomic E-state index is 0.0620. The molecule has 0 fully saturated rings. The quantitative estimate of drug-likeness (QED) is 0.221. The molecule has 2 aromatic heterocycles. The molecular weight excluding hydrogens is 498 g/mol. The highest BCUT2D eigenvalue weighted by atomic mass is 79.9. The van der Waals surface area contributed by atoms with E-state index in [1.807, 2.05) is 30.3 Å². The molecule has 0 atom stereocenters. The monoisotopic (exact) mass is 503 g/mol. The Hall–Kier alpha value is -1.43. The maximum Gasteiger partial charge on any atom is 0.197 e. The molecule has 0 amide bonds. The SMILES string of the molecule is O=c1c2cc(Br)ccc2n2c3ccc(Br)cc3c3cc(Br)cc1c32. The molecule has 0 saturated carbocycles. The lowest BCUT2D eigenvalue weighted by atomic mass is 10.1. The summed E-state index contributed by atoms with van der Waals surface area (Å²) in [6.07, 6.45) is 0. The number of fused-ring (bicyclic) bond motifs is 5. The molecule has 116 valence electrons. The molecule has 0 radical (unpaired) electrons. The largest absolute Gasteiger partial charge is 0.308 e. The lowest BCUT2D eigenvalue weighted by molar-refractivity contribution is 1.33. The number of halogens is 3. The van der Waals surface area contributed by atoms with Crippen LogP contribution in [0.5, 0.6) is 0 Å². The van der Waals surface area contributed by atoms with Crippen molar-refractivity contribution in [2.24, 2.45) is 0 Å². The minimum atomic E-state index is 0.0620. The Bertz CT molecular complexity index is 1350. The summed E-state index contributed by atoms with van der Waals surface area (Å²) in [6.45, 7) is 0. The van der Waals surface area contributed by atoms with Crippen molar-refractivity contribution >= 4 is 85.9 Å². The van der Waals surface area contributed by atoms with Gasteiger partial charge in [-0.05, 0) is 48.5 Å². The van der Waals surface area contributed by atoms with Crippen LogP contribution in [0.1, 0.15) is 0 Å². The number of hydrogen-bond acceptors (Lipinski definition) is 1. The first-order valence-electron chi connectivity index (χ1n) is 7.32. The molecule has 5 heteroatoms. The zero-order chi connectivity index (χ0) is 16.6. The third-order valence-electron chi connectivity index (χ3n) is 4.48. The van der Waals surface area contributed by atoms with Crippen molar-refractivity contribution in [2.75, 3.05) is 0 Å². The number of nitrogens with zero attached hydrogens (tertiary/aromatic N) is 1. The smallest absolute Gasteiger partial charge is 0.197 e. The molecule has 0 bridgehead atoms. The normalized spacial score (nSPS) is 12.1. The lowest BCUT2D eigenvalue weighted by Crippen LogP contribution is -2.06. The molecule has 2 heterocycles. The van der Waals surface area contributed by atoms with Gasteiger partial charge in [0.25, 0.3) is 0 Å². The van der Waals surface area contributed by atoms with Crippen LogP contribution in [0.3, 0.4) is 0 Å². The summed E-state index contributed by atoms with van der Waals surface area (Å²) in [4.78, 5) is 13.1. The van der Waals surface area contributed by atoms with Gasteiger partial charge < -0.3 is 4.40 Å². The van der Waals surface area contributed by atoms with Gasteiger partial charge in [-0.2, -0.15) is 0 Å². The van der Waals surface area contributed by atoms with Crippen molar-refractivity contribution in [2.45, 2.75) is 0 Å². The Morgan fingerprint density at radius 3 is 1.88 bits per heavy atom. The molecule has 0 saturated heterocycles. The second kappa shape index (κ2) is 5.04. The van der Waals surface area contributed by atoms with Crippen LogP contribution in [0.25, 0.3) is 38.1 Å². The van der Waals surface area contributed by atoms with E-state index in [1.165, 1.54) is 0 Å². The first-order chi connectivity index (χ1) is 11.5. The van der Waals surface area contributed by atoms with Crippen LogP contribution in [0.2, 0.25) is 0 Å². The molecule has 0 unspecified atom stereocenters. The van der Waals surface area contributed by atoms with E-state index in [4.69, 9.17) is 0 Å². The topological polar surface area (TPSA) is 21.5 Å². The molecule has 0 spiro atoms. The van der Waals surface area contributed by atoms with Crippen molar-refractivity contribution in [1.82, 2.24) is 4.40 Å². The number of pyridine rings is 1. The fourth-order valence-electron chi connectivity index (χ4n) is 3.54. The van der Waals surface area contributed by atoms with Gasteiger partial charge in [0.2, 0.25) is 0 Å². The number of rotatable bonds is 0. The van der Waals surface area contributed by atoms with Crippen LogP contribution in [-0.2, 0) is 0 Å². The number of aromatic nitrogens is 1. The third-order valence-corrected chi connectivity index (χ3v) is 5.92. The zero-order valence-corrected chi connectivity index (χ0v) is 16.9. The fraction of sp³-hybridized carbons (Fsp3) is 0. The lowest BCUT2D eigenvalue weighted by Gasteiger charge is -2.07. The Balaban J connectivity index is 2.27. The van der Waals surface area contributed by atoms with Crippen molar-refractivity contribution in [3.63, 3.8) is 0 Å². The molecule has 0 N–H and O–H groups in total. The summed E-state index contributed by atoms with van der Waals surface area (Å²) in [5.41, 5.74) is 3.07. The summed E-state index contributed by atoms with van der Waals surface area (Å²) in [7, 11) is 0. The van der Waals surface area contributed by atoms with Gasteiger partial charge in [-0.15, -0.1) is 0 Å². The Labute approximate surface area is 161 Å².